The van der Waals surface area contributed by atoms with E-state index >= 15 is 0 Å². The summed E-state index contributed by atoms with van der Waals surface area (Å²) in [7, 11) is 0. The Kier molecular flexibility index (Phi) is 2.53. The third kappa shape index (κ3) is 2.03. The summed E-state index contributed by atoms with van der Waals surface area (Å²) in [5.74, 6) is 0.879. The molecule has 1 fully saturated rings. The van der Waals surface area contributed by atoms with Crippen molar-refractivity contribution in [2.24, 2.45) is 0 Å². The van der Waals surface area contributed by atoms with E-state index in [-0.39, 0.29) is 0 Å². The molecule has 82 valence electrons. The molecule has 0 amide bonds. The molecule has 3 rings (SSSR count). The molecule has 1 aliphatic carbocycles. The predicted octanol–water partition coefficient (Wildman–Crippen LogP) is 3.40. The molecule has 5 heteroatoms. The second-order valence-corrected chi connectivity index (χ2v) is 4.64. The molecule has 0 unspecified atom stereocenters. The Bertz CT molecular complexity index is 510. The van der Waals surface area contributed by atoms with Gasteiger partial charge in [-0.15, -0.1) is 0 Å². The Hall–Kier alpha value is -1.13. The molecular weight excluding hydrogens is 244 g/mol. The number of hydrogen-bond acceptors (Lipinski definition) is 4. The zero-order valence-corrected chi connectivity index (χ0v) is 9.96. The third-order valence-electron chi connectivity index (χ3n) is 2.38. The van der Waals surface area contributed by atoms with Gasteiger partial charge in [0.25, 0.3) is 0 Å². The van der Waals surface area contributed by atoms with Crippen molar-refractivity contribution in [1.29, 1.82) is 0 Å². The second kappa shape index (κ2) is 4.03. The topological polar surface area (TPSA) is 35.0 Å². The molecule has 0 N–H and O–H groups in total. The highest BCUT2D eigenvalue weighted by Crippen LogP contribution is 2.31. The summed E-state index contributed by atoms with van der Waals surface area (Å²) in [5.41, 5.74) is 1.69. The van der Waals surface area contributed by atoms with E-state index in [0.29, 0.717) is 11.3 Å². The van der Waals surface area contributed by atoms with Crippen molar-refractivity contribution in [3.63, 3.8) is 0 Å². The number of ether oxygens (including phenoxy) is 1. The first-order valence-corrected chi connectivity index (χ1v) is 6.19. The summed E-state index contributed by atoms with van der Waals surface area (Å²) < 4.78 is 13.8. The lowest BCUT2D eigenvalue weighted by Crippen LogP contribution is -1.95. The number of halogens is 1. The van der Waals surface area contributed by atoms with Gasteiger partial charge in [-0.3, -0.25) is 0 Å². The first-order chi connectivity index (χ1) is 7.83. The maximum atomic E-state index is 5.94. The Morgan fingerprint density at radius 2 is 2.19 bits per heavy atom. The van der Waals surface area contributed by atoms with E-state index in [1.807, 2.05) is 24.3 Å². The van der Waals surface area contributed by atoms with Gasteiger partial charge in [-0.2, -0.15) is 8.75 Å². The van der Waals surface area contributed by atoms with E-state index in [9.17, 15) is 0 Å². The lowest BCUT2D eigenvalue weighted by atomic mass is 10.1. The molecule has 3 nitrogen and oxygen atoms in total. The van der Waals surface area contributed by atoms with E-state index in [0.717, 1.165) is 41.6 Å². The van der Waals surface area contributed by atoms with Crippen LogP contribution in [0.4, 0.5) is 0 Å². The minimum Gasteiger partial charge on any atom is -0.490 e. The van der Waals surface area contributed by atoms with Crippen LogP contribution < -0.4 is 4.74 Å². The predicted molar refractivity (Wildman–Crippen MR) is 64.0 cm³/mol. The molecule has 0 saturated heterocycles. The zero-order valence-electron chi connectivity index (χ0n) is 8.39. The van der Waals surface area contributed by atoms with Crippen LogP contribution in [0.25, 0.3) is 11.3 Å². The van der Waals surface area contributed by atoms with Gasteiger partial charge in [0.05, 0.1) is 17.8 Å². The normalized spacial score (nSPS) is 15.1. The maximum absolute atomic E-state index is 5.94. The standard InChI is InChI=1S/C11H9ClN2OS/c12-11-10(13-16-14-11)7-2-1-3-9(6-7)15-8-4-5-8/h1-3,6,8H,4-5H2. The van der Waals surface area contributed by atoms with E-state index in [4.69, 9.17) is 16.3 Å². The van der Waals surface area contributed by atoms with Gasteiger partial charge in [0, 0.05) is 5.56 Å². The number of rotatable bonds is 3. The van der Waals surface area contributed by atoms with Crippen molar-refractivity contribution in [2.75, 3.05) is 0 Å². The summed E-state index contributed by atoms with van der Waals surface area (Å²) in [5, 5.41) is 0.452. The maximum Gasteiger partial charge on any atom is 0.170 e. The highest BCUT2D eigenvalue weighted by Gasteiger charge is 2.23. The minimum atomic E-state index is 0.402. The van der Waals surface area contributed by atoms with Crippen LogP contribution in [0.5, 0.6) is 5.75 Å². The summed E-state index contributed by atoms with van der Waals surface area (Å²) in [6.07, 6.45) is 2.71. The first kappa shape index (κ1) is 10.1. The van der Waals surface area contributed by atoms with Crippen molar-refractivity contribution in [3.05, 3.63) is 29.4 Å². The SMILES string of the molecule is Clc1nsnc1-c1cccc(OC2CC2)c1. The van der Waals surface area contributed by atoms with Crippen LogP contribution in [0.1, 0.15) is 12.8 Å². The van der Waals surface area contributed by atoms with Crippen molar-refractivity contribution < 1.29 is 4.74 Å². The Morgan fingerprint density at radius 1 is 1.31 bits per heavy atom. The van der Waals surface area contributed by atoms with Crippen LogP contribution in [0.2, 0.25) is 5.15 Å². The fourth-order valence-corrected chi connectivity index (χ4v) is 2.21. The van der Waals surface area contributed by atoms with E-state index < -0.39 is 0 Å². The zero-order chi connectivity index (χ0) is 11.0. The molecular formula is C11H9ClN2OS. The van der Waals surface area contributed by atoms with Gasteiger partial charge in [-0.25, -0.2) is 0 Å². The summed E-state index contributed by atoms with van der Waals surface area (Å²) in [6, 6.07) is 7.82. The molecule has 16 heavy (non-hydrogen) atoms. The van der Waals surface area contributed by atoms with Gasteiger partial charge < -0.3 is 4.74 Å². The van der Waals surface area contributed by atoms with Crippen molar-refractivity contribution >= 4 is 23.3 Å². The number of hydrogen-bond donors (Lipinski definition) is 0. The quantitative estimate of drug-likeness (QED) is 0.840. The fourth-order valence-electron chi connectivity index (χ4n) is 1.44. The largest absolute Gasteiger partial charge is 0.490 e. The van der Waals surface area contributed by atoms with Gasteiger partial charge >= 0.3 is 0 Å². The molecule has 0 atom stereocenters. The Labute approximate surface area is 102 Å². The van der Waals surface area contributed by atoms with Gasteiger partial charge in [-0.1, -0.05) is 23.7 Å². The highest BCUT2D eigenvalue weighted by molar-refractivity contribution is 6.99. The molecule has 0 aliphatic heterocycles. The second-order valence-electron chi connectivity index (χ2n) is 3.75. The van der Waals surface area contributed by atoms with Gasteiger partial charge in [-0.05, 0) is 25.0 Å². The van der Waals surface area contributed by atoms with Crippen LogP contribution in [0.3, 0.4) is 0 Å². The van der Waals surface area contributed by atoms with E-state index in [1.54, 1.807) is 0 Å². The van der Waals surface area contributed by atoms with Crippen molar-refractivity contribution in [1.82, 2.24) is 8.75 Å². The summed E-state index contributed by atoms with van der Waals surface area (Å²) in [4.78, 5) is 0. The molecule has 0 radical (unpaired) electrons. The average molecular weight is 253 g/mol. The van der Waals surface area contributed by atoms with E-state index in [2.05, 4.69) is 8.75 Å². The Morgan fingerprint density at radius 3 is 2.88 bits per heavy atom. The fraction of sp³-hybridized carbons (Fsp3) is 0.273. The molecule has 1 aromatic carbocycles. The van der Waals surface area contributed by atoms with Crippen LogP contribution in [0.15, 0.2) is 24.3 Å². The third-order valence-corrected chi connectivity index (χ3v) is 3.28. The smallest absolute Gasteiger partial charge is 0.170 e. The number of aromatic nitrogens is 2. The lowest BCUT2D eigenvalue weighted by molar-refractivity contribution is 0.303. The molecule has 1 heterocycles. The number of benzene rings is 1. The highest BCUT2D eigenvalue weighted by atomic mass is 35.5. The molecule has 0 bridgehead atoms. The van der Waals surface area contributed by atoms with Crippen LogP contribution in [-0.2, 0) is 0 Å². The molecule has 1 saturated carbocycles. The molecule has 1 aliphatic rings. The minimum absolute atomic E-state index is 0.402. The lowest BCUT2D eigenvalue weighted by Gasteiger charge is -2.05. The molecule has 2 aromatic rings. The van der Waals surface area contributed by atoms with E-state index in [1.165, 1.54) is 0 Å². The monoisotopic (exact) mass is 252 g/mol. The first-order valence-electron chi connectivity index (χ1n) is 5.08. The van der Waals surface area contributed by atoms with Gasteiger partial charge in [0.2, 0.25) is 0 Å². The van der Waals surface area contributed by atoms with Crippen LogP contribution in [0, 0.1) is 0 Å². The van der Waals surface area contributed by atoms with Crippen LogP contribution >= 0.6 is 23.3 Å². The van der Waals surface area contributed by atoms with Crippen LogP contribution in [-0.4, -0.2) is 14.9 Å². The average Bonchev–Trinajstić information content (AvgIpc) is 2.99. The Balaban J connectivity index is 1.92. The van der Waals surface area contributed by atoms with Crippen molar-refractivity contribution in [2.45, 2.75) is 18.9 Å². The number of nitrogens with zero attached hydrogens (tertiary/aromatic N) is 2. The summed E-state index contributed by atoms with van der Waals surface area (Å²) in [6.45, 7) is 0. The van der Waals surface area contributed by atoms with Crippen molar-refractivity contribution in [3.8, 4) is 17.0 Å². The summed E-state index contributed by atoms with van der Waals surface area (Å²) >= 11 is 7.06. The van der Waals surface area contributed by atoms with Gasteiger partial charge in [0.1, 0.15) is 11.4 Å². The van der Waals surface area contributed by atoms with Gasteiger partial charge in [0.15, 0.2) is 5.15 Å². The molecule has 0 spiro atoms. The molecule has 1 aromatic heterocycles.